The van der Waals surface area contributed by atoms with Crippen LogP contribution in [0, 0.1) is 6.92 Å². The molecule has 0 aliphatic heterocycles. The Kier molecular flexibility index (Phi) is 4.30. The van der Waals surface area contributed by atoms with E-state index in [-0.39, 0.29) is 0 Å². The number of aliphatic carboxylic acids is 1. The number of aryl methyl sites for hydroxylation is 1. The van der Waals surface area contributed by atoms with E-state index in [1.54, 1.807) is 6.08 Å². The van der Waals surface area contributed by atoms with Crippen LogP contribution < -0.4 is 5.32 Å². The first kappa shape index (κ1) is 13.3. The van der Waals surface area contributed by atoms with E-state index in [1.807, 2.05) is 25.1 Å². The molecular weight excluding hydrogens is 244 g/mol. The maximum absolute atomic E-state index is 10.2. The molecule has 2 N–H and O–H groups in total. The van der Waals surface area contributed by atoms with Crippen molar-refractivity contribution in [1.29, 1.82) is 0 Å². The molecule has 0 fully saturated rings. The molecule has 0 spiro atoms. The van der Waals surface area contributed by atoms with Crippen LogP contribution in [0.3, 0.4) is 0 Å². The maximum Gasteiger partial charge on any atom is 0.328 e. The molecule has 0 atom stereocenters. The summed E-state index contributed by atoms with van der Waals surface area (Å²) in [6, 6.07) is 5.96. The summed E-state index contributed by atoms with van der Waals surface area (Å²) in [6.07, 6.45) is 3.59. The molecule has 19 heavy (non-hydrogen) atoms. The first-order chi connectivity index (χ1) is 9.15. The van der Waals surface area contributed by atoms with Gasteiger partial charge in [-0.2, -0.15) is 0 Å². The highest BCUT2D eigenvalue weighted by atomic mass is 16.4. The molecule has 0 saturated carbocycles. The van der Waals surface area contributed by atoms with Gasteiger partial charge in [0.05, 0.1) is 0 Å². The van der Waals surface area contributed by atoms with Crippen LogP contribution in [0.2, 0.25) is 0 Å². The van der Waals surface area contributed by atoms with Crippen molar-refractivity contribution in [3.8, 4) is 0 Å². The number of hydrogen-bond acceptors (Lipinski definition) is 4. The monoisotopic (exact) mass is 260 g/mol. The summed E-state index contributed by atoms with van der Waals surface area (Å²) in [4.78, 5) is 14.5. The van der Waals surface area contributed by atoms with E-state index in [2.05, 4.69) is 10.3 Å². The van der Waals surface area contributed by atoms with E-state index < -0.39 is 5.97 Å². The lowest BCUT2D eigenvalue weighted by molar-refractivity contribution is -0.131. The Morgan fingerprint density at radius 2 is 2.37 bits per heavy atom. The third kappa shape index (κ3) is 3.93. The summed E-state index contributed by atoms with van der Waals surface area (Å²) < 4.78 is 5.41. The van der Waals surface area contributed by atoms with Crippen LogP contribution in [0.5, 0.6) is 0 Å². The summed E-state index contributed by atoms with van der Waals surface area (Å²) in [5.74, 6) is -0.252. The van der Waals surface area contributed by atoms with Crippen molar-refractivity contribution in [3.63, 3.8) is 0 Å². The molecule has 0 aliphatic rings. The van der Waals surface area contributed by atoms with Crippen molar-refractivity contribution >= 4 is 17.1 Å². The average Bonchev–Trinajstić information content (AvgIpc) is 2.72. The fraction of sp³-hybridized carbons (Fsp3) is 0.286. The van der Waals surface area contributed by atoms with Crippen LogP contribution in [0.1, 0.15) is 11.5 Å². The van der Waals surface area contributed by atoms with Gasteiger partial charge >= 0.3 is 5.97 Å². The Morgan fingerprint density at radius 1 is 1.53 bits per heavy atom. The molecule has 2 aromatic rings. The van der Waals surface area contributed by atoms with Crippen LogP contribution in [0.4, 0.5) is 0 Å². The molecular formula is C14H16N2O3. The number of oxazole rings is 1. The highest BCUT2D eigenvalue weighted by Crippen LogP contribution is 2.16. The highest BCUT2D eigenvalue weighted by molar-refractivity contribution is 5.79. The second kappa shape index (κ2) is 6.15. The lowest BCUT2D eigenvalue weighted by Crippen LogP contribution is -2.17. The number of carbonyl (C=O) groups is 1. The summed E-state index contributed by atoms with van der Waals surface area (Å²) in [5.41, 5.74) is 2.86. The van der Waals surface area contributed by atoms with Crippen LogP contribution in [-0.4, -0.2) is 29.1 Å². The predicted octanol–water partition coefficient (Wildman–Crippen LogP) is 1.91. The third-order valence-electron chi connectivity index (χ3n) is 2.67. The number of fused-ring (bicyclic) bond motifs is 1. The van der Waals surface area contributed by atoms with E-state index in [4.69, 9.17) is 9.52 Å². The van der Waals surface area contributed by atoms with E-state index in [1.165, 1.54) is 5.56 Å². The van der Waals surface area contributed by atoms with Gasteiger partial charge in [0.25, 0.3) is 0 Å². The quantitative estimate of drug-likeness (QED) is 0.613. The molecule has 0 saturated heterocycles. The van der Waals surface area contributed by atoms with Gasteiger partial charge in [-0.25, -0.2) is 9.78 Å². The van der Waals surface area contributed by atoms with Crippen molar-refractivity contribution in [2.45, 2.75) is 13.3 Å². The minimum Gasteiger partial charge on any atom is -0.478 e. The molecule has 0 radical (unpaired) electrons. The molecule has 1 heterocycles. The predicted molar refractivity (Wildman–Crippen MR) is 72.1 cm³/mol. The maximum atomic E-state index is 10.2. The summed E-state index contributed by atoms with van der Waals surface area (Å²) in [7, 11) is 0. The van der Waals surface area contributed by atoms with E-state index in [0.717, 1.165) is 30.1 Å². The number of carboxylic acid groups (broad SMARTS) is 1. The van der Waals surface area contributed by atoms with Crippen LogP contribution >= 0.6 is 0 Å². The molecule has 0 unspecified atom stereocenters. The van der Waals surface area contributed by atoms with Gasteiger partial charge in [-0.1, -0.05) is 12.1 Å². The van der Waals surface area contributed by atoms with E-state index in [9.17, 15) is 4.79 Å². The lowest BCUT2D eigenvalue weighted by atomic mass is 10.1. The smallest absolute Gasteiger partial charge is 0.328 e. The second-order valence-electron chi connectivity index (χ2n) is 4.23. The number of aromatic nitrogens is 1. The largest absolute Gasteiger partial charge is 0.478 e. The fourth-order valence-corrected chi connectivity index (χ4v) is 1.82. The molecule has 1 aromatic carbocycles. The topological polar surface area (TPSA) is 75.4 Å². The minimum absolute atomic E-state index is 0.553. The van der Waals surface area contributed by atoms with Crippen molar-refractivity contribution in [2.75, 3.05) is 13.1 Å². The normalized spacial score (nSPS) is 11.4. The van der Waals surface area contributed by atoms with Crippen molar-refractivity contribution in [2.24, 2.45) is 0 Å². The van der Waals surface area contributed by atoms with Gasteiger partial charge in [-0.3, -0.25) is 0 Å². The van der Waals surface area contributed by atoms with Gasteiger partial charge in [0, 0.05) is 19.5 Å². The number of nitrogens with one attached hydrogen (secondary N) is 1. The van der Waals surface area contributed by atoms with Crippen molar-refractivity contribution in [1.82, 2.24) is 10.3 Å². The highest BCUT2D eigenvalue weighted by Gasteiger charge is 2.02. The molecule has 1 aromatic heterocycles. The Bertz CT molecular complexity index is 602. The van der Waals surface area contributed by atoms with Gasteiger partial charge in [-0.05, 0) is 30.7 Å². The zero-order chi connectivity index (χ0) is 13.7. The van der Waals surface area contributed by atoms with Gasteiger partial charge in [-0.15, -0.1) is 0 Å². The Labute approximate surface area is 110 Å². The SMILES string of the molecule is Cc1nc2cc(CCNC/C=C/C(=O)O)ccc2o1. The first-order valence-corrected chi connectivity index (χ1v) is 6.11. The number of benzene rings is 1. The number of carboxylic acids is 1. The molecule has 100 valence electrons. The Morgan fingerprint density at radius 3 is 3.16 bits per heavy atom. The standard InChI is InChI=1S/C14H16N2O3/c1-10-16-12-9-11(4-5-13(12)19-10)6-8-15-7-2-3-14(17)18/h2-5,9,15H,6-8H2,1H3,(H,17,18)/b3-2+. The molecule has 2 rings (SSSR count). The summed E-state index contributed by atoms with van der Waals surface area (Å²) in [5, 5.41) is 11.6. The fourth-order valence-electron chi connectivity index (χ4n) is 1.82. The van der Waals surface area contributed by atoms with E-state index in [0.29, 0.717) is 12.4 Å². The second-order valence-corrected chi connectivity index (χ2v) is 4.23. The van der Waals surface area contributed by atoms with Gasteiger partial charge < -0.3 is 14.8 Å². The number of nitrogens with zero attached hydrogens (tertiary/aromatic N) is 1. The Balaban J connectivity index is 1.83. The molecule has 5 heteroatoms. The Hall–Kier alpha value is -2.14. The van der Waals surface area contributed by atoms with Crippen molar-refractivity contribution in [3.05, 3.63) is 41.8 Å². The lowest BCUT2D eigenvalue weighted by Gasteiger charge is -2.01. The zero-order valence-electron chi connectivity index (χ0n) is 10.7. The molecule has 0 amide bonds. The molecule has 0 bridgehead atoms. The van der Waals surface area contributed by atoms with Gasteiger partial charge in [0.15, 0.2) is 11.5 Å². The molecule has 0 aliphatic carbocycles. The van der Waals surface area contributed by atoms with E-state index >= 15 is 0 Å². The van der Waals surface area contributed by atoms with Crippen LogP contribution in [-0.2, 0) is 11.2 Å². The van der Waals surface area contributed by atoms with Crippen LogP contribution in [0.15, 0.2) is 34.8 Å². The first-order valence-electron chi connectivity index (χ1n) is 6.11. The zero-order valence-corrected chi connectivity index (χ0v) is 10.7. The van der Waals surface area contributed by atoms with Crippen molar-refractivity contribution < 1.29 is 14.3 Å². The third-order valence-corrected chi connectivity index (χ3v) is 2.67. The minimum atomic E-state index is -0.923. The van der Waals surface area contributed by atoms with Crippen LogP contribution in [0.25, 0.3) is 11.1 Å². The van der Waals surface area contributed by atoms with Gasteiger partial charge in [0.1, 0.15) is 5.52 Å². The average molecular weight is 260 g/mol. The molecule has 5 nitrogen and oxygen atoms in total. The number of rotatable bonds is 6. The summed E-state index contributed by atoms with van der Waals surface area (Å²) >= 11 is 0. The summed E-state index contributed by atoms with van der Waals surface area (Å²) in [6.45, 7) is 3.17. The van der Waals surface area contributed by atoms with Gasteiger partial charge in [0.2, 0.25) is 0 Å². The number of hydrogen-bond donors (Lipinski definition) is 2.